The number of nitrogens with zero attached hydrogens (tertiary/aromatic N) is 5. The van der Waals surface area contributed by atoms with Crippen LogP contribution in [0.25, 0.3) is 43.5 Å². The maximum Gasteiger partial charge on any atom is 0.333 e. The summed E-state index contributed by atoms with van der Waals surface area (Å²) in [6, 6.07) is 9.08. The molecule has 5 aromatic heterocycles. The molecular formula is C29H21ClN6O3S. The van der Waals surface area contributed by atoms with Crippen molar-refractivity contribution in [2.75, 3.05) is 7.11 Å². The number of nitrogens with one attached hydrogen (secondary N) is 1. The van der Waals surface area contributed by atoms with Crippen LogP contribution >= 0.6 is 22.9 Å². The molecule has 0 aliphatic heterocycles. The predicted molar refractivity (Wildman–Crippen MR) is 160 cm³/mol. The fourth-order valence-electron chi connectivity index (χ4n) is 4.80. The van der Waals surface area contributed by atoms with Gasteiger partial charge in [0.25, 0.3) is 5.56 Å². The van der Waals surface area contributed by atoms with Gasteiger partial charge in [-0.15, -0.1) is 11.3 Å². The normalized spacial score (nSPS) is 12.2. The van der Waals surface area contributed by atoms with Gasteiger partial charge in [-0.2, -0.15) is 5.10 Å². The van der Waals surface area contributed by atoms with Gasteiger partial charge >= 0.3 is 5.69 Å². The third kappa shape index (κ3) is 4.05. The number of rotatable bonds is 6. The van der Waals surface area contributed by atoms with Crippen LogP contribution in [-0.4, -0.2) is 36.2 Å². The van der Waals surface area contributed by atoms with E-state index in [1.54, 1.807) is 42.1 Å². The molecule has 0 saturated heterocycles. The molecule has 0 aliphatic carbocycles. The molecule has 0 fully saturated rings. The first kappa shape index (κ1) is 25.5. The molecule has 1 N–H and O–H groups in total. The number of pyridine rings is 2. The molecule has 198 valence electrons. The molecule has 0 unspecified atom stereocenters. The average Bonchev–Trinajstić information content (AvgIpc) is 3.58. The molecular weight excluding hydrogens is 548 g/mol. The smallest absolute Gasteiger partial charge is 0.333 e. The van der Waals surface area contributed by atoms with E-state index in [-0.39, 0.29) is 5.03 Å². The van der Waals surface area contributed by atoms with Crippen LogP contribution in [0, 0.1) is 6.92 Å². The van der Waals surface area contributed by atoms with Gasteiger partial charge in [-0.25, -0.2) is 18.9 Å². The molecule has 40 heavy (non-hydrogen) atoms. The number of allylic oxidation sites excluding steroid dienone is 4. The van der Waals surface area contributed by atoms with Crippen molar-refractivity contribution in [1.82, 2.24) is 29.1 Å². The summed E-state index contributed by atoms with van der Waals surface area (Å²) in [5.41, 5.74) is 3.38. The molecule has 1 aromatic carbocycles. The topological polar surface area (TPSA) is 107 Å². The quantitative estimate of drug-likeness (QED) is 0.266. The van der Waals surface area contributed by atoms with Gasteiger partial charge in [0.15, 0.2) is 5.65 Å². The Hall–Kier alpha value is -4.80. The molecule has 11 heteroatoms. The van der Waals surface area contributed by atoms with E-state index in [9.17, 15) is 9.59 Å². The molecule has 6 aromatic rings. The fourth-order valence-corrected chi connectivity index (χ4v) is 6.19. The lowest BCUT2D eigenvalue weighted by Gasteiger charge is -2.12. The summed E-state index contributed by atoms with van der Waals surface area (Å²) in [7, 11) is 1.55. The molecule has 0 bridgehead atoms. The van der Waals surface area contributed by atoms with Crippen LogP contribution in [0.15, 0.2) is 89.1 Å². The second kappa shape index (κ2) is 9.74. The van der Waals surface area contributed by atoms with E-state index in [4.69, 9.17) is 16.3 Å². The van der Waals surface area contributed by atoms with E-state index < -0.39 is 11.2 Å². The number of H-pyrrole nitrogens is 1. The summed E-state index contributed by atoms with van der Waals surface area (Å²) >= 11 is 7.76. The summed E-state index contributed by atoms with van der Waals surface area (Å²) in [5.74, 6) is 0.593. The maximum absolute atomic E-state index is 13.8. The van der Waals surface area contributed by atoms with Crippen molar-refractivity contribution in [1.29, 1.82) is 0 Å². The largest absolute Gasteiger partial charge is 0.497 e. The Morgan fingerprint density at radius 3 is 2.77 bits per heavy atom. The number of ether oxygens (including phenoxy) is 1. The number of aryl methyl sites for hydroxylation is 1. The summed E-state index contributed by atoms with van der Waals surface area (Å²) in [6.07, 6.45) is 8.15. The fraction of sp³-hybridized carbons (Fsp3) is 0.0690. The predicted octanol–water partition coefficient (Wildman–Crippen LogP) is 5.50. The van der Waals surface area contributed by atoms with E-state index in [1.165, 1.54) is 23.9 Å². The first-order valence-corrected chi connectivity index (χ1v) is 13.2. The van der Waals surface area contributed by atoms with E-state index in [0.717, 1.165) is 26.7 Å². The SMILES string of the molecule is C=C/C(=C(\C(=C)Cl)c1cc2[nH]c(=O)n(-c3cncc4ccc(OC)cc34)c(=O)c2s1)c1cc(C)c2ncnn2c1. The van der Waals surface area contributed by atoms with E-state index in [2.05, 4.69) is 33.2 Å². The van der Waals surface area contributed by atoms with Crippen molar-refractivity contribution in [2.45, 2.75) is 6.92 Å². The lowest BCUT2D eigenvalue weighted by atomic mass is 9.99. The van der Waals surface area contributed by atoms with Crippen LogP contribution in [0.3, 0.4) is 0 Å². The molecule has 6 rings (SSSR count). The highest BCUT2D eigenvalue weighted by Crippen LogP contribution is 2.39. The number of halogens is 1. The second-order valence-corrected chi connectivity index (χ2v) is 10.5. The Balaban J connectivity index is 1.59. The number of hydrogen-bond donors (Lipinski definition) is 1. The van der Waals surface area contributed by atoms with Gasteiger partial charge in [0, 0.05) is 44.2 Å². The van der Waals surface area contributed by atoms with Crippen LogP contribution < -0.4 is 16.0 Å². The van der Waals surface area contributed by atoms with Gasteiger partial charge in [0.1, 0.15) is 16.8 Å². The summed E-state index contributed by atoms with van der Waals surface area (Å²) in [6.45, 7) is 9.93. The van der Waals surface area contributed by atoms with Gasteiger partial charge in [-0.1, -0.05) is 30.8 Å². The molecule has 0 amide bonds. The Morgan fingerprint density at radius 1 is 1.20 bits per heavy atom. The highest BCUT2D eigenvalue weighted by molar-refractivity contribution is 7.20. The Kier molecular flexibility index (Phi) is 6.21. The molecule has 9 nitrogen and oxygen atoms in total. The highest BCUT2D eigenvalue weighted by atomic mass is 35.5. The van der Waals surface area contributed by atoms with Crippen LogP contribution in [0.1, 0.15) is 16.0 Å². The van der Waals surface area contributed by atoms with Gasteiger partial charge < -0.3 is 9.72 Å². The Bertz CT molecular complexity index is 2170. The molecule has 0 aliphatic rings. The van der Waals surface area contributed by atoms with Gasteiger partial charge in [0.05, 0.1) is 24.5 Å². The number of benzene rings is 1. The summed E-state index contributed by atoms with van der Waals surface area (Å²) in [5, 5.41) is 5.93. The first-order valence-electron chi connectivity index (χ1n) is 12.0. The second-order valence-electron chi connectivity index (χ2n) is 9.01. The molecule has 0 atom stereocenters. The van der Waals surface area contributed by atoms with Crippen molar-refractivity contribution < 1.29 is 4.74 Å². The number of methoxy groups -OCH3 is 1. The zero-order chi connectivity index (χ0) is 28.1. The number of thiophene rings is 1. The zero-order valence-corrected chi connectivity index (χ0v) is 23.0. The van der Waals surface area contributed by atoms with E-state index in [1.807, 2.05) is 25.3 Å². The third-order valence-electron chi connectivity index (χ3n) is 6.62. The maximum atomic E-state index is 13.8. The minimum absolute atomic E-state index is 0.255. The number of aromatic amines is 1. The van der Waals surface area contributed by atoms with Gasteiger partial charge in [-0.05, 0) is 48.4 Å². The standard InChI is InChI=1S/C29H21ClN6O3S/c1-5-20(18-8-15(2)27-32-14-33-35(27)13-18)25(16(3)30)24-10-22-26(40-24)28(37)36(29(38)34-22)23-12-31-11-17-6-7-19(39-4)9-21(17)23/h5-14H,1,3H2,2,4H3,(H,34,38)/b25-20-. The van der Waals surface area contributed by atoms with Crippen LogP contribution in [0.4, 0.5) is 0 Å². The van der Waals surface area contributed by atoms with Crippen molar-refractivity contribution in [2.24, 2.45) is 0 Å². The van der Waals surface area contributed by atoms with Crippen LogP contribution in [-0.2, 0) is 0 Å². The van der Waals surface area contributed by atoms with Crippen molar-refractivity contribution in [3.63, 3.8) is 0 Å². The monoisotopic (exact) mass is 568 g/mol. The van der Waals surface area contributed by atoms with Crippen LogP contribution in [0.2, 0.25) is 0 Å². The third-order valence-corrected chi connectivity index (χ3v) is 7.95. The molecule has 0 saturated carbocycles. The van der Waals surface area contributed by atoms with E-state index >= 15 is 0 Å². The Labute approximate surface area is 236 Å². The van der Waals surface area contributed by atoms with Crippen molar-refractivity contribution in [3.8, 4) is 11.4 Å². The van der Waals surface area contributed by atoms with Crippen LogP contribution in [0.5, 0.6) is 5.75 Å². The van der Waals surface area contributed by atoms with E-state index in [0.29, 0.717) is 43.1 Å². The van der Waals surface area contributed by atoms with Crippen molar-refractivity contribution in [3.05, 3.63) is 116 Å². The molecule has 5 heterocycles. The first-order chi connectivity index (χ1) is 19.3. The lowest BCUT2D eigenvalue weighted by molar-refractivity contribution is 0.415. The number of hydrogen-bond acceptors (Lipinski definition) is 7. The summed E-state index contributed by atoms with van der Waals surface area (Å²) in [4.78, 5) is 39.1. The molecule has 0 radical (unpaired) electrons. The van der Waals surface area contributed by atoms with Gasteiger partial charge in [0.2, 0.25) is 0 Å². The zero-order valence-electron chi connectivity index (χ0n) is 21.4. The minimum atomic E-state index is -0.592. The minimum Gasteiger partial charge on any atom is -0.497 e. The number of fused-ring (bicyclic) bond motifs is 3. The van der Waals surface area contributed by atoms with Gasteiger partial charge in [-0.3, -0.25) is 9.78 Å². The molecule has 0 spiro atoms. The van der Waals surface area contributed by atoms with Crippen molar-refractivity contribution >= 4 is 60.7 Å². The average molecular weight is 569 g/mol. The Morgan fingerprint density at radius 2 is 2.02 bits per heavy atom. The highest BCUT2D eigenvalue weighted by Gasteiger charge is 2.20. The number of aromatic nitrogens is 6. The lowest BCUT2D eigenvalue weighted by Crippen LogP contribution is -2.33. The summed E-state index contributed by atoms with van der Waals surface area (Å²) < 4.78 is 8.47.